The lowest BCUT2D eigenvalue weighted by molar-refractivity contribution is -0.255. The Bertz CT molecular complexity index is 928. The lowest BCUT2D eigenvalue weighted by Gasteiger charge is -2.32. The van der Waals surface area contributed by atoms with Gasteiger partial charge in [-0.15, -0.1) is 0 Å². The van der Waals surface area contributed by atoms with Gasteiger partial charge in [0.15, 0.2) is 16.9 Å². The molecule has 154 valence electrons. The van der Waals surface area contributed by atoms with Gasteiger partial charge in [-0.2, -0.15) is 10.5 Å². The number of amidine groups is 1. The van der Waals surface area contributed by atoms with Crippen molar-refractivity contribution in [2.24, 2.45) is 21.6 Å². The largest absolute Gasteiger partial charge is 0.493 e. The molecule has 1 saturated carbocycles. The molecule has 9 heteroatoms. The van der Waals surface area contributed by atoms with Gasteiger partial charge in [0.05, 0.1) is 33.5 Å². The zero-order valence-electron chi connectivity index (χ0n) is 17.1. The van der Waals surface area contributed by atoms with Crippen molar-refractivity contribution in [1.82, 2.24) is 0 Å². The Morgan fingerprint density at radius 2 is 1.62 bits per heavy atom. The fourth-order valence-corrected chi connectivity index (χ4v) is 4.57. The molecular formula is C20H24N4O5. The van der Waals surface area contributed by atoms with Crippen molar-refractivity contribution >= 4 is 5.84 Å². The maximum absolute atomic E-state index is 10.3. The van der Waals surface area contributed by atoms with E-state index in [9.17, 15) is 10.5 Å². The average Bonchev–Trinajstić information content (AvgIpc) is 3.31. The molecule has 1 aliphatic heterocycles. The number of hydrogen-bond donors (Lipinski definition) is 1. The van der Waals surface area contributed by atoms with E-state index in [0.717, 1.165) is 0 Å². The molecule has 0 spiro atoms. The van der Waals surface area contributed by atoms with Crippen LogP contribution in [0.4, 0.5) is 0 Å². The third-order valence-corrected chi connectivity index (χ3v) is 5.65. The fraction of sp³-hybridized carbons (Fsp3) is 0.550. The van der Waals surface area contributed by atoms with E-state index in [1.54, 1.807) is 26.0 Å². The zero-order chi connectivity index (χ0) is 21.4. The summed E-state index contributed by atoms with van der Waals surface area (Å²) in [6.45, 7) is 3.96. The van der Waals surface area contributed by atoms with Gasteiger partial charge in [0.2, 0.25) is 5.75 Å². The van der Waals surface area contributed by atoms with Gasteiger partial charge >= 0.3 is 0 Å². The normalized spacial score (nSPS) is 28.5. The molecule has 1 aromatic carbocycles. The number of ether oxygens (including phenoxy) is 5. The Morgan fingerprint density at radius 1 is 1.00 bits per heavy atom. The standard InChI is InChI=1S/C20H24N4O5/c1-6-28-20(29-7-2)19(11-22)16(18(19,10-21)17(23)24-20)12-8-9-13(25-3)15(27-5)14(12)26-4/h8-9,16H,6-7H2,1-5H3,(H2,23,24). The number of methoxy groups -OCH3 is 3. The molecule has 0 bridgehead atoms. The van der Waals surface area contributed by atoms with E-state index >= 15 is 0 Å². The van der Waals surface area contributed by atoms with Gasteiger partial charge in [-0.25, -0.2) is 4.99 Å². The van der Waals surface area contributed by atoms with Crippen LogP contribution in [0.2, 0.25) is 0 Å². The second kappa shape index (κ2) is 7.11. The summed E-state index contributed by atoms with van der Waals surface area (Å²) in [5, 5.41) is 20.5. The van der Waals surface area contributed by atoms with Gasteiger partial charge in [-0.05, 0) is 19.9 Å². The molecule has 9 nitrogen and oxygen atoms in total. The van der Waals surface area contributed by atoms with E-state index in [2.05, 4.69) is 17.1 Å². The Hall–Kier alpha value is -3.01. The first kappa shape index (κ1) is 20.7. The third-order valence-electron chi connectivity index (χ3n) is 5.65. The summed E-state index contributed by atoms with van der Waals surface area (Å²) in [6, 6.07) is 7.92. The maximum atomic E-state index is 10.3. The lowest BCUT2D eigenvalue weighted by atomic mass is 9.93. The molecular weight excluding hydrogens is 376 g/mol. The van der Waals surface area contributed by atoms with E-state index in [1.165, 1.54) is 21.3 Å². The highest BCUT2D eigenvalue weighted by Gasteiger charge is 2.94. The zero-order valence-corrected chi connectivity index (χ0v) is 17.1. The molecule has 2 aliphatic rings. The van der Waals surface area contributed by atoms with Gasteiger partial charge in [0, 0.05) is 24.7 Å². The van der Waals surface area contributed by atoms with Crippen LogP contribution < -0.4 is 19.9 Å². The second-order valence-electron chi connectivity index (χ2n) is 6.64. The fourth-order valence-electron chi connectivity index (χ4n) is 4.57. The van der Waals surface area contributed by atoms with Crippen LogP contribution in [0.1, 0.15) is 25.3 Å². The van der Waals surface area contributed by atoms with Crippen molar-refractivity contribution in [2.75, 3.05) is 34.5 Å². The molecule has 0 radical (unpaired) electrons. The number of benzene rings is 1. The quantitative estimate of drug-likeness (QED) is 0.655. The molecule has 0 saturated heterocycles. The summed E-state index contributed by atoms with van der Waals surface area (Å²) in [4.78, 5) is 4.33. The first-order valence-electron chi connectivity index (χ1n) is 9.20. The summed E-state index contributed by atoms with van der Waals surface area (Å²) in [7, 11) is 4.47. The predicted molar refractivity (Wildman–Crippen MR) is 103 cm³/mol. The molecule has 1 aromatic rings. The first-order chi connectivity index (χ1) is 13.9. The molecule has 0 aromatic heterocycles. The molecule has 3 unspecified atom stereocenters. The van der Waals surface area contributed by atoms with E-state index < -0.39 is 22.7 Å². The van der Waals surface area contributed by atoms with Crippen LogP contribution in [0.15, 0.2) is 17.1 Å². The SMILES string of the molecule is CCOC1(OCC)N=C(N)C2(C#N)C(c3ccc(OC)c(OC)c3OC)C12C#N. The van der Waals surface area contributed by atoms with Crippen molar-refractivity contribution in [3.8, 4) is 29.4 Å². The summed E-state index contributed by atoms with van der Waals surface area (Å²) in [5.41, 5.74) is 3.90. The highest BCUT2D eigenvalue weighted by Crippen LogP contribution is 2.83. The van der Waals surface area contributed by atoms with Crippen LogP contribution in [0.5, 0.6) is 17.2 Å². The van der Waals surface area contributed by atoms with Gasteiger partial charge in [-0.1, -0.05) is 6.07 Å². The minimum Gasteiger partial charge on any atom is -0.493 e. The summed E-state index contributed by atoms with van der Waals surface area (Å²) >= 11 is 0. The molecule has 0 amide bonds. The van der Waals surface area contributed by atoms with Crippen LogP contribution in [-0.4, -0.2) is 46.3 Å². The van der Waals surface area contributed by atoms with Gasteiger partial charge in [-0.3, -0.25) is 0 Å². The van der Waals surface area contributed by atoms with Crippen molar-refractivity contribution in [3.05, 3.63) is 17.7 Å². The number of nitrogens with two attached hydrogens (primary N) is 1. The molecule has 3 atom stereocenters. The number of nitrogens with zero attached hydrogens (tertiary/aromatic N) is 3. The summed E-state index contributed by atoms with van der Waals surface area (Å²) < 4.78 is 28.1. The van der Waals surface area contributed by atoms with Crippen molar-refractivity contribution in [2.45, 2.75) is 25.7 Å². The lowest BCUT2D eigenvalue weighted by Crippen LogP contribution is -2.43. The van der Waals surface area contributed by atoms with Gasteiger partial charge in [0.25, 0.3) is 5.91 Å². The smallest absolute Gasteiger partial charge is 0.293 e. The number of nitriles is 2. The number of aliphatic imine (C=N–C) groups is 1. The van der Waals surface area contributed by atoms with Crippen molar-refractivity contribution in [3.63, 3.8) is 0 Å². The van der Waals surface area contributed by atoms with Crippen LogP contribution >= 0.6 is 0 Å². The molecule has 2 N–H and O–H groups in total. The molecule has 29 heavy (non-hydrogen) atoms. The molecule has 1 fully saturated rings. The van der Waals surface area contributed by atoms with Crippen LogP contribution in [0, 0.1) is 33.5 Å². The number of rotatable bonds is 8. The monoisotopic (exact) mass is 400 g/mol. The Balaban J connectivity index is 2.30. The summed E-state index contributed by atoms with van der Waals surface area (Å²) in [6.07, 6.45) is 0. The van der Waals surface area contributed by atoms with Crippen molar-refractivity contribution in [1.29, 1.82) is 10.5 Å². The van der Waals surface area contributed by atoms with Crippen LogP contribution in [-0.2, 0) is 9.47 Å². The van der Waals surface area contributed by atoms with Crippen LogP contribution in [0.3, 0.4) is 0 Å². The summed E-state index contributed by atoms with van der Waals surface area (Å²) in [5.74, 6) is -1.22. The Kier molecular flexibility index (Phi) is 5.08. The van der Waals surface area contributed by atoms with E-state index in [1.807, 2.05) is 0 Å². The highest BCUT2D eigenvalue weighted by molar-refractivity contribution is 6.00. The van der Waals surface area contributed by atoms with Gasteiger partial charge in [0.1, 0.15) is 11.3 Å². The molecule has 1 heterocycles. The molecule has 3 rings (SSSR count). The topological polar surface area (TPSA) is 132 Å². The van der Waals surface area contributed by atoms with E-state index in [0.29, 0.717) is 22.8 Å². The number of hydrogen-bond acceptors (Lipinski definition) is 9. The van der Waals surface area contributed by atoms with Crippen LogP contribution in [0.25, 0.3) is 0 Å². The van der Waals surface area contributed by atoms with Crippen molar-refractivity contribution < 1.29 is 23.7 Å². The maximum Gasteiger partial charge on any atom is 0.293 e. The first-order valence-corrected chi connectivity index (χ1v) is 9.20. The second-order valence-corrected chi connectivity index (χ2v) is 6.64. The van der Waals surface area contributed by atoms with E-state index in [4.69, 9.17) is 29.4 Å². The minimum absolute atomic E-state index is 0.00490. The van der Waals surface area contributed by atoms with E-state index in [-0.39, 0.29) is 19.0 Å². The Labute approximate surface area is 169 Å². The molecule has 1 aliphatic carbocycles. The predicted octanol–water partition coefficient (Wildman–Crippen LogP) is 1.93. The minimum atomic E-state index is -1.69. The highest BCUT2D eigenvalue weighted by atomic mass is 16.7. The van der Waals surface area contributed by atoms with Gasteiger partial charge < -0.3 is 29.4 Å². The average molecular weight is 400 g/mol. The number of fused-ring (bicyclic) bond motifs is 1. The third kappa shape index (κ3) is 2.23. The Morgan fingerprint density at radius 3 is 2.07 bits per heavy atom.